The van der Waals surface area contributed by atoms with Crippen molar-refractivity contribution in [3.05, 3.63) is 24.0 Å². The molecule has 0 fully saturated rings. The van der Waals surface area contributed by atoms with E-state index in [2.05, 4.69) is 20.8 Å². The Morgan fingerprint density at radius 1 is 1.25 bits per heavy atom. The van der Waals surface area contributed by atoms with E-state index >= 15 is 0 Å². The molecule has 0 saturated heterocycles. The summed E-state index contributed by atoms with van der Waals surface area (Å²) in [6.45, 7) is 10.2. The quantitative estimate of drug-likeness (QED) is 0.797. The van der Waals surface area contributed by atoms with Gasteiger partial charge in [0, 0.05) is 0 Å². The molecule has 0 aliphatic rings. The van der Waals surface area contributed by atoms with E-state index in [0.29, 0.717) is 0 Å². The maximum absolute atomic E-state index is 13.5. The van der Waals surface area contributed by atoms with Crippen LogP contribution in [0.5, 0.6) is 11.5 Å². The van der Waals surface area contributed by atoms with Crippen LogP contribution in [0.15, 0.2) is 18.2 Å². The van der Waals surface area contributed by atoms with Crippen LogP contribution in [0.4, 0.5) is 4.39 Å². The number of halogens is 1. The van der Waals surface area contributed by atoms with Gasteiger partial charge in [-0.05, 0) is 30.3 Å². The summed E-state index contributed by atoms with van der Waals surface area (Å²) < 4.78 is 19.2. The van der Waals surface area contributed by atoms with E-state index in [-0.39, 0.29) is 16.5 Å². The number of para-hydroxylation sites is 1. The van der Waals surface area contributed by atoms with Crippen molar-refractivity contribution in [3.8, 4) is 11.5 Å². The fourth-order valence-electron chi connectivity index (χ4n) is 1.01. The Labute approximate surface area is 97.2 Å². The monoisotopic (exact) mass is 242 g/mol. The van der Waals surface area contributed by atoms with Crippen LogP contribution in [0, 0.1) is 5.82 Å². The average molecular weight is 242 g/mol. The summed E-state index contributed by atoms with van der Waals surface area (Å²) in [5, 5.41) is 9.55. The van der Waals surface area contributed by atoms with Crippen LogP contribution < -0.4 is 4.43 Å². The molecule has 0 aromatic heterocycles. The van der Waals surface area contributed by atoms with E-state index in [9.17, 15) is 9.50 Å². The molecule has 0 spiro atoms. The predicted molar refractivity (Wildman–Crippen MR) is 65.9 cm³/mol. The van der Waals surface area contributed by atoms with Gasteiger partial charge >= 0.3 is 0 Å². The highest BCUT2D eigenvalue weighted by Gasteiger charge is 2.40. The zero-order valence-corrected chi connectivity index (χ0v) is 11.5. The molecule has 0 amide bonds. The van der Waals surface area contributed by atoms with Gasteiger partial charge in [-0.3, -0.25) is 0 Å². The van der Waals surface area contributed by atoms with Crippen molar-refractivity contribution >= 4 is 8.32 Å². The van der Waals surface area contributed by atoms with E-state index in [4.69, 9.17) is 4.43 Å². The molecule has 0 heterocycles. The number of hydrogen-bond acceptors (Lipinski definition) is 2. The Kier molecular flexibility index (Phi) is 3.33. The van der Waals surface area contributed by atoms with Crippen LogP contribution in [-0.4, -0.2) is 13.4 Å². The van der Waals surface area contributed by atoms with Gasteiger partial charge < -0.3 is 9.53 Å². The van der Waals surface area contributed by atoms with Gasteiger partial charge in [0.1, 0.15) is 0 Å². The molecular weight excluding hydrogens is 223 g/mol. The molecule has 1 aromatic rings. The van der Waals surface area contributed by atoms with Gasteiger partial charge in [-0.2, -0.15) is 0 Å². The molecule has 0 saturated carbocycles. The Morgan fingerprint density at radius 3 is 2.25 bits per heavy atom. The lowest BCUT2D eigenvalue weighted by molar-refractivity contribution is 0.401. The van der Waals surface area contributed by atoms with Crippen molar-refractivity contribution in [2.45, 2.75) is 38.9 Å². The van der Waals surface area contributed by atoms with Gasteiger partial charge in [-0.15, -0.1) is 0 Å². The number of phenols is 1. The van der Waals surface area contributed by atoms with E-state index < -0.39 is 14.1 Å². The summed E-state index contributed by atoms with van der Waals surface area (Å²) in [7, 11) is -2.11. The smallest absolute Gasteiger partial charge is 0.250 e. The lowest BCUT2D eigenvalue weighted by Crippen LogP contribution is -2.44. The van der Waals surface area contributed by atoms with Crippen LogP contribution in [0.2, 0.25) is 18.1 Å². The van der Waals surface area contributed by atoms with Crippen molar-refractivity contribution < 1.29 is 13.9 Å². The molecule has 4 heteroatoms. The summed E-state index contributed by atoms with van der Waals surface area (Å²) in [5.74, 6) is -0.663. The second-order valence-corrected chi connectivity index (χ2v) is 10.2. The van der Waals surface area contributed by atoms with Crippen LogP contribution in [0.3, 0.4) is 0 Å². The Hall–Kier alpha value is -1.03. The molecule has 0 radical (unpaired) electrons. The summed E-state index contributed by atoms with van der Waals surface area (Å²) in [6, 6.07) is 4.19. The van der Waals surface area contributed by atoms with Crippen molar-refractivity contribution in [1.82, 2.24) is 0 Å². The molecule has 90 valence electrons. The first-order chi connectivity index (χ1) is 7.15. The molecule has 1 rings (SSSR count). The number of benzene rings is 1. The summed E-state index contributed by atoms with van der Waals surface area (Å²) in [4.78, 5) is 0. The average Bonchev–Trinajstić information content (AvgIpc) is 2.10. The predicted octanol–water partition coefficient (Wildman–Crippen LogP) is 3.92. The lowest BCUT2D eigenvalue weighted by atomic mass is 10.2. The van der Waals surface area contributed by atoms with E-state index in [1.54, 1.807) is 0 Å². The molecule has 0 unspecified atom stereocenters. The first-order valence-corrected chi connectivity index (χ1v) is 8.22. The molecule has 1 aromatic carbocycles. The summed E-state index contributed by atoms with van der Waals surface area (Å²) in [6.07, 6.45) is 0. The minimum absolute atomic E-state index is 0.0194. The Balaban J connectivity index is 3.06. The molecule has 16 heavy (non-hydrogen) atoms. The van der Waals surface area contributed by atoms with Gasteiger partial charge in [0.25, 0.3) is 8.32 Å². The normalized spacial score (nSPS) is 12.6. The van der Waals surface area contributed by atoms with Gasteiger partial charge in [-0.25, -0.2) is 4.39 Å². The maximum atomic E-state index is 13.5. The summed E-state index contributed by atoms with van der Waals surface area (Å²) in [5.41, 5.74) is 0. The van der Waals surface area contributed by atoms with Crippen molar-refractivity contribution in [1.29, 1.82) is 0 Å². The second kappa shape index (κ2) is 4.09. The number of hydrogen-bond donors (Lipinski definition) is 1. The maximum Gasteiger partial charge on any atom is 0.250 e. The largest absolute Gasteiger partial charge is 0.539 e. The second-order valence-electron chi connectivity index (χ2n) is 5.45. The van der Waals surface area contributed by atoms with Gasteiger partial charge in [0.2, 0.25) is 0 Å². The van der Waals surface area contributed by atoms with Crippen molar-refractivity contribution in [2.75, 3.05) is 0 Å². The molecule has 0 aliphatic carbocycles. The first-order valence-electron chi connectivity index (χ1n) is 5.31. The molecule has 0 bridgehead atoms. The third-order valence-electron chi connectivity index (χ3n) is 3.11. The first kappa shape index (κ1) is 13.0. The molecule has 1 N–H and O–H groups in total. The SMILES string of the molecule is CC(C)(C)[Si](C)(C)Oc1c(O)cccc1F. The van der Waals surface area contributed by atoms with Crippen molar-refractivity contribution in [3.63, 3.8) is 0 Å². The molecular formula is C12H19FO2Si. The van der Waals surface area contributed by atoms with Crippen molar-refractivity contribution in [2.24, 2.45) is 0 Å². The highest BCUT2D eigenvalue weighted by molar-refractivity contribution is 6.74. The fourth-order valence-corrected chi connectivity index (χ4v) is 2.03. The molecule has 0 atom stereocenters. The third kappa shape index (κ3) is 2.55. The minimum atomic E-state index is -2.11. The Morgan fingerprint density at radius 2 is 1.81 bits per heavy atom. The standard InChI is InChI=1S/C12H19FO2Si/c1-12(2,3)16(4,5)15-11-9(13)7-6-8-10(11)14/h6-8,14H,1-5H3. The van der Waals surface area contributed by atoms with Gasteiger partial charge in [0.05, 0.1) is 0 Å². The van der Waals surface area contributed by atoms with E-state index in [1.165, 1.54) is 18.2 Å². The van der Waals surface area contributed by atoms with Crippen LogP contribution in [0.1, 0.15) is 20.8 Å². The third-order valence-corrected chi connectivity index (χ3v) is 7.44. The lowest BCUT2D eigenvalue weighted by Gasteiger charge is -2.36. The fraction of sp³-hybridized carbons (Fsp3) is 0.500. The van der Waals surface area contributed by atoms with Gasteiger partial charge in [-0.1, -0.05) is 26.8 Å². The minimum Gasteiger partial charge on any atom is -0.539 e. The summed E-state index contributed by atoms with van der Waals surface area (Å²) >= 11 is 0. The Bertz CT molecular complexity index is 363. The zero-order chi connectivity index (χ0) is 12.6. The number of rotatable bonds is 2. The van der Waals surface area contributed by atoms with Crippen LogP contribution in [-0.2, 0) is 0 Å². The highest BCUT2D eigenvalue weighted by Crippen LogP contribution is 2.40. The van der Waals surface area contributed by atoms with E-state index in [1.807, 2.05) is 13.1 Å². The van der Waals surface area contributed by atoms with Crippen LogP contribution >= 0.6 is 0 Å². The van der Waals surface area contributed by atoms with E-state index in [0.717, 1.165) is 0 Å². The topological polar surface area (TPSA) is 29.5 Å². The molecule has 0 aliphatic heterocycles. The number of phenolic OH excluding ortho intramolecular Hbond substituents is 1. The van der Waals surface area contributed by atoms with Crippen LogP contribution in [0.25, 0.3) is 0 Å². The number of aromatic hydroxyl groups is 1. The zero-order valence-electron chi connectivity index (χ0n) is 10.5. The molecule has 2 nitrogen and oxygen atoms in total. The highest BCUT2D eigenvalue weighted by atomic mass is 28.4. The van der Waals surface area contributed by atoms with Gasteiger partial charge in [0.15, 0.2) is 17.3 Å².